The van der Waals surface area contributed by atoms with E-state index >= 15 is 0 Å². The monoisotopic (exact) mass is 199 g/mol. The number of hydrazine groups is 1. The highest BCUT2D eigenvalue weighted by Crippen LogP contribution is 2.17. The van der Waals surface area contributed by atoms with Crippen molar-refractivity contribution in [3.05, 3.63) is 23.9 Å². The lowest BCUT2D eigenvalue weighted by Crippen LogP contribution is -2.10. The Labute approximate surface area is 81.5 Å². The predicted octanol–water partition coefficient (Wildman–Crippen LogP) is 0.593. The second kappa shape index (κ2) is 5.80. The van der Waals surface area contributed by atoms with Crippen LogP contribution in [-0.2, 0) is 5.75 Å². The van der Waals surface area contributed by atoms with Crippen molar-refractivity contribution in [2.24, 2.45) is 5.84 Å². The van der Waals surface area contributed by atoms with Crippen molar-refractivity contribution in [1.82, 2.24) is 4.98 Å². The average molecular weight is 199 g/mol. The Morgan fingerprint density at radius 1 is 1.62 bits per heavy atom. The SMILES string of the molecule is NNc1ncccc1CSCCO. The molecular weight excluding hydrogens is 186 g/mol. The number of hydrogen-bond donors (Lipinski definition) is 3. The molecule has 0 bridgehead atoms. The van der Waals surface area contributed by atoms with Crippen molar-refractivity contribution in [1.29, 1.82) is 0 Å². The van der Waals surface area contributed by atoms with E-state index in [0.717, 1.165) is 17.1 Å². The molecule has 0 unspecified atom stereocenters. The van der Waals surface area contributed by atoms with Crippen LogP contribution in [0.1, 0.15) is 5.56 Å². The minimum absolute atomic E-state index is 0.205. The van der Waals surface area contributed by atoms with Gasteiger partial charge in [-0.05, 0) is 6.07 Å². The van der Waals surface area contributed by atoms with Gasteiger partial charge in [-0.3, -0.25) is 0 Å². The molecule has 1 heterocycles. The molecule has 4 N–H and O–H groups in total. The molecule has 0 amide bonds. The van der Waals surface area contributed by atoms with Crippen molar-refractivity contribution in [2.75, 3.05) is 17.8 Å². The number of hydrogen-bond acceptors (Lipinski definition) is 5. The first-order valence-corrected chi connectivity index (χ1v) is 5.13. The fraction of sp³-hybridized carbons (Fsp3) is 0.375. The Hall–Kier alpha value is -0.780. The summed E-state index contributed by atoms with van der Waals surface area (Å²) >= 11 is 1.65. The fourth-order valence-corrected chi connectivity index (χ4v) is 1.66. The van der Waals surface area contributed by atoms with Gasteiger partial charge in [0.05, 0.1) is 6.61 Å². The highest BCUT2D eigenvalue weighted by atomic mass is 32.2. The third-order valence-corrected chi connectivity index (χ3v) is 2.51. The quantitative estimate of drug-likeness (QED) is 0.368. The summed E-state index contributed by atoms with van der Waals surface area (Å²) in [6.07, 6.45) is 1.69. The zero-order valence-electron chi connectivity index (χ0n) is 7.23. The second-order valence-corrected chi connectivity index (χ2v) is 3.54. The van der Waals surface area contributed by atoms with Crippen LogP contribution in [0.2, 0.25) is 0 Å². The van der Waals surface area contributed by atoms with Crippen molar-refractivity contribution in [3.63, 3.8) is 0 Å². The van der Waals surface area contributed by atoms with Crippen LogP contribution in [0.5, 0.6) is 0 Å². The molecule has 0 spiro atoms. The summed E-state index contributed by atoms with van der Waals surface area (Å²) in [4.78, 5) is 4.06. The number of nitrogens with one attached hydrogen (secondary N) is 1. The van der Waals surface area contributed by atoms with E-state index in [-0.39, 0.29) is 6.61 Å². The van der Waals surface area contributed by atoms with E-state index in [2.05, 4.69) is 10.4 Å². The van der Waals surface area contributed by atoms with Crippen LogP contribution in [0, 0.1) is 0 Å². The van der Waals surface area contributed by atoms with Gasteiger partial charge in [0.25, 0.3) is 0 Å². The van der Waals surface area contributed by atoms with Crippen LogP contribution in [0.25, 0.3) is 0 Å². The van der Waals surface area contributed by atoms with Gasteiger partial charge in [-0.1, -0.05) is 6.07 Å². The minimum Gasteiger partial charge on any atom is -0.396 e. The number of rotatable bonds is 5. The number of aliphatic hydroxyl groups excluding tert-OH is 1. The van der Waals surface area contributed by atoms with E-state index < -0.39 is 0 Å². The van der Waals surface area contributed by atoms with E-state index in [1.165, 1.54) is 0 Å². The molecule has 0 aromatic carbocycles. The Morgan fingerprint density at radius 3 is 3.15 bits per heavy atom. The Morgan fingerprint density at radius 2 is 2.46 bits per heavy atom. The molecular formula is C8H13N3OS. The van der Waals surface area contributed by atoms with Gasteiger partial charge >= 0.3 is 0 Å². The summed E-state index contributed by atoms with van der Waals surface area (Å²) in [5.41, 5.74) is 3.59. The largest absolute Gasteiger partial charge is 0.396 e. The summed E-state index contributed by atoms with van der Waals surface area (Å²) < 4.78 is 0. The summed E-state index contributed by atoms with van der Waals surface area (Å²) in [5.74, 6) is 7.53. The Kier molecular flexibility index (Phi) is 4.59. The van der Waals surface area contributed by atoms with E-state index in [4.69, 9.17) is 10.9 Å². The molecule has 4 nitrogen and oxygen atoms in total. The fourth-order valence-electron chi connectivity index (χ4n) is 0.932. The Bertz CT molecular complexity index is 257. The van der Waals surface area contributed by atoms with Crippen molar-refractivity contribution >= 4 is 17.6 Å². The molecule has 0 radical (unpaired) electrons. The number of aromatic nitrogens is 1. The maximum absolute atomic E-state index is 8.59. The van der Waals surface area contributed by atoms with Crippen LogP contribution >= 0.6 is 11.8 Å². The molecule has 72 valence electrons. The third kappa shape index (κ3) is 3.22. The molecule has 0 aliphatic rings. The first kappa shape index (κ1) is 10.3. The van der Waals surface area contributed by atoms with E-state index in [1.54, 1.807) is 18.0 Å². The number of aliphatic hydroxyl groups is 1. The molecule has 1 aromatic rings. The molecule has 5 heteroatoms. The van der Waals surface area contributed by atoms with Gasteiger partial charge in [0.1, 0.15) is 5.82 Å². The highest BCUT2D eigenvalue weighted by Gasteiger charge is 2.00. The topological polar surface area (TPSA) is 71.2 Å². The lowest BCUT2D eigenvalue weighted by molar-refractivity contribution is 0.322. The van der Waals surface area contributed by atoms with Gasteiger partial charge in [0.2, 0.25) is 0 Å². The van der Waals surface area contributed by atoms with Gasteiger partial charge in [0.15, 0.2) is 0 Å². The molecule has 0 saturated carbocycles. The maximum Gasteiger partial charge on any atom is 0.143 e. The van der Waals surface area contributed by atoms with Crippen molar-refractivity contribution < 1.29 is 5.11 Å². The van der Waals surface area contributed by atoms with E-state index in [0.29, 0.717) is 5.82 Å². The Balaban J connectivity index is 2.54. The van der Waals surface area contributed by atoms with Crippen LogP contribution in [0.3, 0.4) is 0 Å². The molecule has 0 saturated heterocycles. The molecule has 0 atom stereocenters. The second-order valence-electron chi connectivity index (χ2n) is 2.43. The average Bonchev–Trinajstić information content (AvgIpc) is 2.19. The zero-order valence-corrected chi connectivity index (χ0v) is 8.05. The number of anilines is 1. The third-order valence-electron chi connectivity index (χ3n) is 1.52. The smallest absolute Gasteiger partial charge is 0.143 e. The van der Waals surface area contributed by atoms with E-state index in [9.17, 15) is 0 Å². The van der Waals surface area contributed by atoms with Crippen LogP contribution in [-0.4, -0.2) is 22.5 Å². The van der Waals surface area contributed by atoms with Gasteiger partial charge in [-0.25, -0.2) is 10.8 Å². The lowest BCUT2D eigenvalue weighted by Gasteiger charge is -2.05. The molecule has 0 aliphatic carbocycles. The maximum atomic E-state index is 8.59. The van der Waals surface area contributed by atoms with Crippen molar-refractivity contribution in [2.45, 2.75) is 5.75 Å². The number of nitrogens with zero attached hydrogens (tertiary/aromatic N) is 1. The predicted molar refractivity (Wildman–Crippen MR) is 55.3 cm³/mol. The first-order valence-electron chi connectivity index (χ1n) is 3.97. The summed E-state index contributed by atoms with van der Waals surface area (Å²) in [5, 5.41) is 8.59. The summed E-state index contributed by atoms with van der Waals surface area (Å²) in [7, 11) is 0. The van der Waals surface area contributed by atoms with Gasteiger partial charge in [-0.2, -0.15) is 11.8 Å². The number of pyridine rings is 1. The van der Waals surface area contributed by atoms with Crippen LogP contribution < -0.4 is 11.3 Å². The molecule has 1 rings (SSSR count). The highest BCUT2D eigenvalue weighted by molar-refractivity contribution is 7.98. The zero-order chi connectivity index (χ0) is 9.52. The molecule has 0 fully saturated rings. The minimum atomic E-state index is 0.205. The van der Waals surface area contributed by atoms with E-state index in [1.807, 2.05) is 12.1 Å². The number of nitrogen functional groups attached to an aromatic ring is 1. The van der Waals surface area contributed by atoms with Crippen LogP contribution in [0.4, 0.5) is 5.82 Å². The summed E-state index contributed by atoms with van der Waals surface area (Å²) in [6, 6.07) is 3.84. The summed E-state index contributed by atoms with van der Waals surface area (Å²) in [6.45, 7) is 0.205. The normalized spacial score (nSPS) is 10.0. The molecule has 1 aromatic heterocycles. The first-order chi connectivity index (χ1) is 6.38. The van der Waals surface area contributed by atoms with Gasteiger partial charge < -0.3 is 10.5 Å². The lowest BCUT2D eigenvalue weighted by atomic mass is 10.3. The molecule has 0 aliphatic heterocycles. The standard InChI is InChI=1S/C8H13N3OS/c9-11-8-7(2-1-3-10-8)6-13-5-4-12/h1-3,12H,4-6,9H2,(H,10,11). The van der Waals surface area contributed by atoms with Crippen LogP contribution in [0.15, 0.2) is 18.3 Å². The van der Waals surface area contributed by atoms with Gasteiger partial charge in [-0.15, -0.1) is 0 Å². The van der Waals surface area contributed by atoms with Crippen molar-refractivity contribution in [3.8, 4) is 0 Å². The number of thioether (sulfide) groups is 1. The molecule has 13 heavy (non-hydrogen) atoms. The van der Waals surface area contributed by atoms with Gasteiger partial charge in [0, 0.05) is 23.3 Å². The number of nitrogens with two attached hydrogens (primary N) is 1.